The standard InChI is InChI=1S/C11H15ClN2O5S2/c1-14(5-6-20(2,16)17)11(15)9-7-8(21(13,18)19)3-4-10(9)12/h3-4,7H,5-6H2,1-2H3,(H2,13,18,19). The number of nitrogens with zero attached hydrogens (tertiary/aromatic N) is 1. The fourth-order valence-corrected chi connectivity index (χ4v) is 2.80. The maximum absolute atomic E-state index is 12.2. The third-order valence-corrected chi connectivity index (χ3v) is 4.81. The van der Waals surface area contributed by atoms with Crippen molar-refractivity contribution in [3.05, 3.63) is 28.8 Å². The third kappa shape index (κ3) is 5.27. The molecule has 0 aliphatic rings. The summed E-state index contributed by atoms with van der Waals surface area (Å²) in [5.74, 6) is -0.795. The molecule has 0 saturated heterocycles. The predicted molar refractivity (Wildman–Crippen MR) is 79.5 cm³/mol. The monoisotopic (exact) mass is 354 g/mol. The van der Waals surface area contributed by atoms with E-state index < -0.39 is 25.8 Å². The molecule has 2 N–H and O–H groups in total. The molecule has 10 heteroatoms. The fraction of sp³-hybridized carbons (Fsp3) is 0.364. The van der Waals surface area contributed by atoms with Crippen LogP contribution in [0.5, 0.6) is 0 Å². The van der Waals surface area contributed by atoms with Crippen LogP contribution in [0.25, 0.3) is 0 Å². The lowest BCUT2D eigenvalue weighted by atomic mass is 10.2. The van der Waals surface area contributed by atoms with E-state index in [1.165, 1.54) is 19.2 Å². The van der Waals surface area contributed by atoms with E-state index in [2.05, 4.69) is 0 Å². The van der Waals surface area contributed by atoms with Crippen LogP contribution in [0.1, 0.15) is 10.4 Å². The van der Waals surface area contributed by atoms with Crippen molar-refractivity contribution >= 4 is 37.4 Å². The molecule has 0 atom stereocenters. The van der Waals surface area contributed by atoms with Crippen molar-refractivity contribution in [3.8, 4) is 0 Å². The van der Waals surface area contributed by atoms with Crippen LogP contribution in [0.15, 0.2) is 23.1 Å². The predicted octanol–water partition coefficient (Wildman–Crippen LogP) is 0.104. The second kappa shape index (κ2) is 6.30. The summed E-state index contributed by atoms with van der Waals surface area (Å²) in [5.41, 5.74) is -0.0563. The molecule has 0 radical (unpaired) electrons. The molecule has 1 amide bonds. The second-order valence-corrected chi connectivity index (χ2v) is 8.77. The molecule has 0 unspecified atom stereocenters. The van der Waals surface area contributed by atoms with Gasteiger partial charge < -0.3 is 4.90 Å². The van der Waals surface area contributed by atoms with Gasteiger partial charge in [0.15, 0.2) is 0 Å². The van der Waals surface area contributed by atoms with Gasteiger partial charge in [-0.1, -0.05) is 11.6 Å². The number of carbonyl (C=O) groups excluding carboxylic acids is 1. The Balaban J connectivity index is 3.07. The molecule has 0 spiro atoms. The van der Waals surface area contributed by atoms with Gasteiger partial charge in [0.1, 0.15) is 9.84 Å². The van der Waals surface area contributed by atoms with Gasteiger partial charge in [-0.05, 0) is 18.2 Å². The van der Waals surface area contributed by atoms with Crippen molar-refractivity contribution in [3.63, 3.8) is 0 Å². The van der Waals surface area contributed by atoms with Crippen LogP contribution in [0.4, 0.5) is 0 Å². The van der Waals surface area contributed by atoms with Gasteiger partial charge in [-0.2, -0.15) is 0 Å². The van der Waals surface area contributed by atoms with Crippen molar-refractivity contribution in [2.75, 3.05) is 25.6 Å². The van der Waals surface area contributed by atoms with Crippen LogP contribution in [0.2, 0.25) is 5.02 Å². The minimum atomic E-state index is -3.96. The van der Waals surface area contributed by atoms with Gasteiger partial charge in [-0.3, -0.25) is 4.79 Å². The highest BCUT2D eigenvalue weighted by molar-refractivity contribution is 7.90. The third-order valence-electron chi connectivity index (χ3n) is 2.64. The van der Waals surface area contributed by atoms with E-state index >= 15 is 0 Å². The highest BCUT2D eigenvalue weighted by atomic mass is 35.5. The number of hydrogen-bond donors (Lipinski definition) is 1. The van der Waals surface area contributed by atoms with Crippen molar-refractivity contribution in [2.24, 2.45) is 5.14 Å². The number of primary sulfonamides is 1. The maximum Gasteiger partial charge on any atom is 0.255 e. The van der Waals surface area contributed by atoms with Gasteiger partial charge in [-0.25, -0.2) is 22.0 Å². The molecule has 0 fully saturated rings. The first-order valence-corrected chi connectivity index (χ1v) is 9.66. The van der Waals surface area contributed by atoms with E-state index in [9.17, 15) is 21.6 Å². The Hall–Kier alpha value is -1.16. The van der Waals surface area contributed by atoms with Crippen LogP contribution < -0.4 is 5.14 Å². The minimum Gasteiger partial charge on any atom is -0.341 e. The summed E-state index contributed by atoms with van der Waals surface area (Å²) in [7, 11) is -5.78. The number of sulfonamides is 1. The Morgan fingerprint density at radius 1 is 1.29 bits per heavy atom. The Bertz CT molecular complexity index is 759. The molecule has 1 aromatic rings. The minimum absolute atomic E-state index is 0.0341. The van der Waals surface area contributed by atoms with Gasteiger partial charge in [0, 0.05) is 19.8 Å². The first kappa shape index (κ1) is 17.9. The zero-order chi connectivity index (χ0) is 16.4. The topological polar surface area (TPSA) is 115 Å². The van der Waals surface area contributed by atoms with Gasteiger partial charge in [0.25, 0.3) is 5.91 Å². The average molecular weight is 355 g/mol. The molecule has 0 aromatic heterocycles. The SMILES string of the molecule is CN(CCS(C)(=O)=O)C(=O)c1cc(S(N)(=O)=O)ccc1Cl. The second-order valence-electron chi connectivity index (χ2n) is 4.54. The molecule has 7 nitrogen and oxygen atoms in total. The Morgan fingerprint density at radius 3 is 2.33 bits per heavy atom. The van der Waals surface area contributed by atoms with E-state index in [0.29, 0.717) is 0 Å². The van der Waals surface area contributed by atoms with Crippen LogP contribution in [0, 0.1) is 0 Å². The molecule has 118 valence electrons. The van der Waals surface area contributed by atoms with Crippen molar-refractivity contribution in [1.29, 1.82) is 0 Å². The van der Waals surface area contributed by atoms with Crippen LogP contribution >= 0.6 is 11.6 Å². The summed E-state index contributed by atoms with van der Waals surface area (Å²) in [6.07, 6.45) is 1.06. The van der Waals surface area contributed by atoms with Crippen LogP contribution in [0.3, 0.4) is 0 Å². The molecule has 0 aliphatic heterocycles. The zero-order valence-corrected chi connectivity index (χ0v) is 13.8. The maximum atomic E-state index is 12.2. The molecular formula is C11H15ClN2O5S2. The molecule has 0 heterocycles. The van der Waals surface area contributed by atoms with E-state index in [1.807, 2.05) is 0 Å². The van der Waals surface area contributed by atoms with Crippen LogP contribution in [-0.2, 0) is 19.9 Å². The summed E-state index contributed by atoms with van der Waals surface area (Å²) in [6.45, 7) is -0.0341. The molecule has 1 aromatic carbocycles. The largest absolute Gasteiger partial charge is 0.341 e. The number of hydrogen-bond acceptors (Lipinski definition) is 5. The summed E-state index contributed by atoms with van der Waals surface area (Å²) >= 11 is 5.87. The molecule has 21 heavy (non-hydrogen) atoms. The number of nitrogens with two attached hydrogens (primary N) is 1. The van der Waals surface area contributed by atoms with E-state index in [4.69, 9.17) is 16.7 Å². The quantitative estimate of drug-likeness (QED) is 0.805. The smallest absolute Gasteiger partial charge is 0.255 e. The molecule has 1 rings (SSSR count). The summed E-state index contributed by atoms with van der Waals surface area (Å²) < 4.78 is 44.7. The average Bonchev–Trinajstić information content (AvgIpc) is 2.33. The first-order chi connectivity index (χ1) is 9.42. The number of halogens is 1. The van der Waals surface area contributed by atoms with E-state index in [-0.39, 0.29) is 27.8 Å². The van der Waals surface area contributed by atoms with Crippen LogP contribution in [-0.4, -0.2) is 53.2 Å². The van der Waals surface area contributed by atoms with E-state index in [1.54, 1.807) is 0 Å². The number of amides is 1. The molecular weight excluding hydrogens is 340 g/mol. The molecule has 0 bridgehead atoms. The summed E-state index contributed by atoms with van der Waals surface area (Å²) in [5, 5.41) is 5.05. The fourth-order valence-electron chi connectivity index (χ4n) is 1.46. The zero-order valence-electron chi connectivity index (χ0n) is 11.4. The van der Waals surface area contributed by atoms with Gasteiger partial charge in [-0.15, -0.1) is 0 Å². The lowest BCUT2D eigenvalue weighted by molar-refractivity contribution is 0.0803. The summed E-state index contributed by atoms with van der Waals surface area (Å²) in [4.78, 5) is 13.1. The number of rotatable bonds is 5. The Morgan fingerprint density at radius 2 is 1.86 bits per heavy atom. The number of benzene rings is 1. The van der Waals surface area contributed by atoms with Gasteiger partial charge in [0.2, 0.25) is 10.0 Å². The normalized spacial score (nSPS) is 12.2. The lowest BCUT2D eigenvalue weighted by Gasteiger charge is -2.17. The van der Waals surface area contributed by atoms with E-state index in [0.717, 1.165) is 17.2 Å². The van der Waals surface area contributed by atoms with Gasteiger partial charge in [0.05, 0.1) is 21.2 Å². The van der Waals surface area contributed by atoms with Crippen molar-refractivity contribution < 1.29 is 21.6 Å². The Labute approximate surface area is 128 Å². The molecule has 0 saturated carbocycles. The summed E-state index contributed by atoms with van der Waals surface area (Å²) in [6, 6.07) is 3.50. The lowest BCUT2D eigenvalue weighted by Crippen LogP contribution is -2.31. The highest BCUT2D eigenvalue weighted by Crippen LogP contribution is 2.21. The number of sulfone groups is 1. The molecule has 0 aliphatic carbocycles. The van der Waals surface area contributed by atoms with Crippen molar-refractivity contribution in [1.82, 2.24) is 4.90 Å². The first-order valence-electron chi connectivity index (χ1n) is 5.67. The highest BCUT2D eigenvalue weighted by Gasteiger charge is 2.19. The van der Waals surface area contributed by atoms with Crippen molar-refractivity contribution in [2.45, 2.75) is 4.90 Å². The Kier molecular flexibility index (Phi) is 5.37. The number of carbonyl (C=O) groups is 1. The van der Waals surface area contributed by atoms with Gasteiger partial charge >= 0.3 is 0 Å².